The second-order valence-corrected chi connectivity index (χ2v) is 5.04. The Labute approximate surface area is 117 Å². The van der Waals surface area contributed by atoms with Crippen LogP contribution in [0.4, 0.5) is 0 Å². The zero-order valence-electron chi connectivity index (χ0n) is 11.1. The molecular formula is C15H18N2O3. The molecule has 2 atom stereocenters. The van der Waals surface area contributed by atoms with Crippen LogP contribution in [0, 0.1) is 17.2 Å². The first-order valence-corrected chi connectivity index (χ1v) is 6.71. The fourth-order valence-corrected chi connectivity index (χ4v) is 2.59. The predicted molar refractivity (Wildman–Crippen MR) is 74.7 cm³/mol. The molecule has 1 fully saturated rings. The van der Waals surface area contributed by atoms with Gasteiger partial charge in [-0.15, -0.1) is 0 Å². The number of benzene rings is 1. The molecule has 1 aliphatic heterocycles. The Morgan fingerprint density at radius 2 is 2.05 bits per heavy atom. The summed E-state index contributed by atoms with van der Waals surface area (Å²) >= 11 is 0. The molecule has 0 radical (unpaired) electrons. The number of carboxylic acid groups (broad SMARTS) is 1. The zero-order valence-corrected chi connectivity index (χ0v) is 11.1. The van der Waals surface area contributed by atoms with Gasteiger partial charge in [0.25, 0.3) is 0 Å². The maximum atomic E-state index is 12.0. The summed E-state index contributed by atoms with van der Waals surface area (Å²) < 4.78 is 0. The Kier molecular flexibility index (Phi) is 4.50. The van der Waals surface area contributed by atoms with Crippen LogP contribution in [0.3, 0.4) is 0 Å². The van der Waals surface area contributed by atoms with Gasteiger partial charge in [0.15, 0.2) is 0 Å². The van der Waals surface area contributed by atoms with Crippen molar-refractivity contribution in [2.45, 2.75) is 19.3 Å². The van der Waals surface area contributed by atoms with Crippen LogP contribution in [-0.2, 0) is 16.0 Å². The van der Waals surface area contributed by atoms with Gasteiger partial charge in [0.2, 0.25) is 5.91 Å². The summed E-state index contributed by atoms with van der Waals surface area (Å²) in [5.41, 5.74) is 1.08. The van der Waals surface area contributed by atoms with Crippen LogP contribution in [0.15, 0.2) is 30.3 Å². The number of aliphatic carboxylic acids is 1. The number of carbonyl (C=O) groups is 2. The summed E-state index contributed by atoms with van der Waals surface area (Å²) in [7, 11) is 0. The normalized spacial score (nSPS) is 22.7. The molecule has 0 aromatic heterocycles. The topological polar surface area (TPSA) is 90.3 Å². The SMILES string of the molecule is N=C(Cc1ccccc1)C1C(=O)NCCCC1C(=O)O. The van der Waals surface area contributed by atoms with E-state index in [0.717, 1.165) is 5.56 Å². The van der Waals surface area contributed by atoms with Gasteiger partial charge in [-0.25, -0.2) is 0 Å². The highest BCUT2D eigenvalue weighted by atomic mass is 16.4. The number of rotatable bonds is 4. The Bertz CT molecular complexity index is 513. The number of carbonyl (C=O) groups excluding carboxylic acids is 1. The van der Waals surface area contributed by atoms with Crippen LogP contribution in [0.2, 0.25) is 0 Å². The van der Waals surface area contributed by atoms with E-state index < -0.39 is 17.8 Å². The van der Waals surface area contributed by atoms with E-state index in [9.17, 15) is 14.7 Å². The molecule has 1 heterocycles. The summed E-state index contributed by atoms with van der Waals surface area (Å²) in [6.45, 7) is 0.484. The molecule has 20 heavy (non-hydrogen) atoms. The summed E-state index contributed by atoms with van der Waals surface area (Å²) in [6.07, 6.45) is 1.37. The van der Waals surface area contributed by atoms with E-state index in [4.69, 9.17) is 5.41 Å². The summed E-state index contributed by atoms with van der Waals surface area (Å²) in [5.74, 6) is -3.00. The van der Waals surface area contributed by atoms with Crippen LogP contribution >= 0.6 is 0 Å². The molecule has 1 saturated heterocycles. The molecule has 1 aromatic carbocycles. The van der Waals surface area contributed by atoms with Gasteiger partial charge in [-0.1, -0.05) is 30.3 Å². The largest absolute Gasteiger partial charge is 0.481 e. The minimum atomic E-state index is -0.995. The molecule has 1 aromatic rings. The Morgan fingerprint density at radius 1 is 1.35 bits per heavy atom. The Hall–Kier alpha value is -2.17. The van der Waals surface area contributed by atoms with Crippen molar-refractivity contribution in [1.29, 1.82) is 5.41 Å². The molecular weight excluding hydrogens is 256 g/mol. The smallest absolute Gasteiger partial charge is 0.307 e. The molecule has 5 heteroatoms. The molecule has 0 spiro atoms. The van der Waals surface area contributed by atoms with Gasteiger partial charge in [0.05, 0.1) is 11.8 Å². The summed E-state index contributed by atoms with van der Waals surface area (Å²) in [5, 5.41) is 20.1. The maximum Gasteiger partial charge on any atom is 0.307 e. The van der Waals surface area contributed by atoms with Crippen LogP contribution in [0.25, 0.3) is 0 Å². The van der Waals surface area contributed by atoms with Crippen molar-refractivity contribution < 1.29 is 14.7 Å². The summed E-state index contributed by atoms with van der Waals surface area (Å²) in [4.78, 5) is 23.4. The van der Waals surface area contributed by atoms with E-state index in [1.54, 1.807) is 0 Å². The standard InChI is InChI=1S/C15H18N2O3/c16-12(9-10-5-2-1-3-6-10)13-11(15(19)20)7-4-8-17-14(13)18/h1-3,5-6,11,13,16H,4,7-9H2,(H,17,18)(H,19,20). The van der Waals surface area contributed by atoms with E-state index in [0.29, 0.717) is 25.8 Å². The number of hydrogen-bond donors (Lipinski definition) is 3. The van der Waals surface area contributed by atoms with E-state index in [-0.39, 0.29) is 11.6 Å². The van der Waals surface area contributed by atoms with Crippen LogP contribution in [0.1, 0.15) is 18.4 Å². The molecule has 2 unspecified atom stereocenters. The van der Waals surface area contributed by atoms with Crippen molar-refractivity contribution in [2.75, 3.05) is 6.54 Å². The lowest BCUT2D eigenvalue weighted by Gasteiger charge is -2.21. The van der Waals surface area contributed by atoms with Gasteiger partial charge in [-0.05, 0) is 18.4 Å². The third-order valence-electron chi connectivity index (χ3n) is 3.61. The van der Waals surface area contributed by atoms with Crippen molar-refractivity contribution in [1.82, 2.24) is 5.32 Å². The molecule has 0 aliphatic carbocycles. The zero-order chi connectivity index (χ0) is 14.5. The quantitative estimate of drug-likeness (QED) is 0.726. The lowest BCUT2D eigenvalue weighted by molar-refractivity contribution is -0.145. The van der Waals surface area contributed by atoms with Crippen molar-refractivity contribution in [3.8, 4) is 0 Å². The van der Waals surface area contributed by atoms with Gasteiger partial charge in [-0.3, -0.25) is 9.59 Å². The molecule has 0 bridgehead atoms. The fraction of sp³-hybridized carbons (Fsp3) is 0.400. The van der Waals surface area contributed by atoms with Crippen LogP contribution in [0.5, 0.6) is 0 Å². The third-order valence-corrected chi connectivity index (χ3v) is 3.61. The highest BCUT2D eigenvalue weighted by molar-refractivity contribution is 6.06. The molecule has 1 amide bonds. The van der Waals surface area contributed by atoms with Gasteiger partial charge in [0.1, 0.15) is 0 Å². The number of amides is 1. The van der Waals surface area contributed by atoms with E-state index in [1.165, 1.54) is 0 Å². The minimum absolute atomic E-state index is 0.169. The van der Waals surface area contributed by atoms with Crippen LogP contribution < -0.4 is 5.32 Å². The Morgan fingerprint density at radius 3 is 2.70 bits per heavy atom. The van der Waals surface area contributed by atoms with E-state index in [1.807, 2.05) is 30.3 Å². The first-order chi connectivity index (χ1) is 9.59. The highest BCUT2D eigenvalue weighted by Crippen LogP contribution is 2.24. The van der Waals surface area contributed by atoms with Gasteiger partial charge < -0.3 is 15.8 Å². The van der Waals surface area contributed by atoms with Crippen molar-refractivity contribution in [2.24, 2.45) is 11.8 Å². The average Bonchev–Trinajstić information content (AvgIpc) is 2.61. The first kappa shape index (κ1) is 14.2. The maximum absolute atomic E-state index is 12.0. The van der Waals surface area contributed by atoms with Crippen molar-refractivity contribution in [3.05, 3.63) is 35.9 Å². The molecule has 0 saturated carbocycles. The first-order valence-electron chi connectivity index (χ1n) is 6.71. The second kappa shape index (κ2) is 6.32. The van der Waals surface area contributed by atoms with Gasteiger partial charge >= 0.3 is 5.97 Å². The molecule has 2 rings (SSSR count). The average molecular weight is 274 g/mol. The lowest BCUT2D eigenvalue weighted by atomic mass is 9.83. The summed E-state index contributed by atoms with van der Waals surface area (Å²) in [6, 6.07) is 9.36. The number of hydrogen-bond acceptors (Lipinski definition) is 3. The number of nitrogens with one attached hydrogen (secondary N) is 2. The lowest BCUT2D eigenvalue weighted by Crippen LogP contribution is -2.40. The molecule has 1 aliphatic rings. The van der Waals surface area contributed by atoms with Gasteiger partial charge in [0, 0.05) is 18.7 Å². The second-order valence-electron chi connectivity index (χ2n) is 5.04. The highest BCUT2D eigenvalue weighted by Gasteiger charge is 2.37. The molecule has 106 valence electrons. The van der Waals surface area contributed by atoms with Crippen molar-refractivity contribution >= 4 is 17.6 Å². The third kappa shape index (κ3) is 3.23. The van der Waals surface area contributed by atoms with E-state index in [2.05, 4.69) is 5.32 Å². The van der Waals surface area contributed by atoms with E-state index >= 15 is 0 Å². The monoisotopic (exact) mass is 274 g/mol. The van der Waals surface area contributed by atoms with Gasteiger partial charge in [-0.2, -0.15) is 0 Å². The van der Waals surface area contributed by atoms with Crippen LogP contribution in [-0.4, -0.2) is 29.2 Å². The fourth-order valence-electron chi connectivity index (χ4n) is 2.59. The Balaban J connectivity index is 2.19. The van der Waals surface area contributed by atoms with Crippen molar-refractivity contribution in [3.63, 3.8) is 0 Å². The molecule has 3 N–H and O–H groups in total. The predicted octanol–water partition coefficient (Wildman–Crippen LogP) is 1.48. The number of carboxylic acids is 1. The molecule has 5 nitrogen and oxygen atoms in total. The minimum Gasteiger partial charge on any atom is -0.481 e.